The quantitative estimate of drug-likeness (QED) is 0.761. The Morgan fingerprint density at radius 3 is 2.50 bits per heavy atom. The highest BCUT2D eigenvalue weighted by Crippen LogP contribution is 2.06. The topological polar surface area (TPSA) is 32.7 Å². The summed E-state index contributed by atoms with van der Waals surface area (Å²) in [5, 5.41) is 8.92. The molecule has 0 aliphatic rings. The summed E-state index contributed by atoms with van der Waals surface area (Å²) in [5.41, 5.74) is 1.03. The van der Waals surface area contributed by atoms with Gasteiger partial charge in [0.2, 0.25) is 0 Å². The van der Waals surface area contributed by atoms with E-state index in [0.717, 1.165) is 12.1 Å². The molecule has 0 aliphatic carbocycles. The maximum absolute atomic E-state index is 12.7. The average molecular weight is 227 g/mol. The summed E-state index contributed by atoms with van der Waals surface area (Å²) in [7, 11) is 1.65. The van der Waals surface area contributed by atoms with Crippen molar-refractivity contribution in [2.75, 3.05) is 33.4 Å². The van der Waals surface area contributed by atoms with Gasteiger partial charge in [0.15, 0.2) is 0 Å². The van der Waals surface area contributed by atoms with E-state index in [0.29, 0.717) is 19.7 Å². The van der Waals surface area contributed by atoms with Gasteiger partial charge in [-0.05, 0) is 17.7 Å². The zero-order valence-corrected chi connectivity index (χ0v) is 9.53. The minimum Gasteiger partial charge on any atom is -0.395 e. The Hall–Kier alpha value is -0.970. The van der Waals surface area contributed by atoms with Crippen molar-refractivity contribution in [3.8, 4) is 0 Å². The molecule has 0 atom stereocenters. The van der Waals surface area contributed by atoms with Gasteiger partial charge in [0.25, 0.3) is 0 Å². The van der Waals surface area contributed by atoms with Crippen molar-refractivity contribution in [1.29, 1.82) is 0 Å². The van der Waals surface area contributed by atoms with Crippen LogP contribution in [0.1, 0.15) is 5.56 Å². The highest BCUT2D eigenvalue weighted by molar-refractivity contribution is 5.15. The molecule has 0 spiro atoms. The van der Waals surface area contributed by atoms with Gasteiger partial charge in [-0.25, -0.2) is 4.39 Å². The second-order valence-corrected chi connectivity index (χ2v) is 3.62. The molecule has 3 nitrogen and oxygen atoms in total. The van der Waals surface area contributed by atoms with Crippen LogP contribution in [-0.4, -0.2) is 43.4 Å². The van der Waals surface area contributed by atoms with Crippen LogP contribution >= 0.6 is 0 Å². The Bertz CT molecular complexity index is 290. The van der Waals surface area contributed by atoms with Crippen molar-refractivity contribution < 1.29 is 14.2 Å². The van der Waals surface area contributed by atoms with Crippen LogP contribution in [-0.2, 0) is 11.3 Å². The average Bonchev–Trinajstić information content (AvgIpc) is 2.29. The Balaban J connectivity index is 2.49. The monoisotopic (exact) mass is 227 g/mol. The molecular weight excluding hydrogens is 209 g/mol. The zero-order chi connectivity index (χ0) is 11.8. The molecule has 0 aliphatic heterocycles. The standard InChI is InChI=1S/C12H18FNO2/c1-16-9-7-14(6-8-15)10-11-2-4-12(13)5-3-11/h2-5,15H,6-10H2,1H3. The lowest BCUT2D eigenvalue weighted by Gasteiger charge is -2.20. The van der Waals surface area contributed by atoms with E-state index >= 15 is 0 Å². The molecule has 0 amide bonds. The molecule has 16 heavy (non-hydrogen) atoms. The Kier molecular flexibility index (Phi) is 6.00. The van der Waals surface area contributed by atoms with E-state index < -0.39 is 0 Å². The summed E-state index contributed by atoms with van der Waals surface area (Å²) in [6.07, 6.45) is 0. The third-order valence-electron chi connectivity index (χ3n) is 2.35. The molecule has 0 fully saturated rings. The summed E-state index contributed by atoms with van der Waals surface area (Å²) < 4.78 is 17.7. The summed E-state index contributed by atoms with van der Waals surface area (Å²) in [6.45, 7) is 2.80. The number of hydrogen-bond acceptors (Lipinski definition) is 3. The molecule has 1 aromatic carbocycles. The maximum Gasteiger partial charge on any atom is 0.123 e. The number of rotatable bonds is 7. The molecule has 1 aromatic rings. The van der Waals surface area contributed by atoms with Gasteiger partial charge in [0.1, 0.15) is 5.82 Å². The molecule has 0 bridgehead atoms. The van der Waals surface area contributed by atoms with Gasteiger partial charge in [-0.1, -0.05) is 12.1 Å². The first-order chi connectivity index (χ1) is 7.76. The molecule has 0 saturated carbocycles. The van der Waals surface area contributed by atoms with E-state index in [1.807, 2.05) is 0 Å². The van der Waals surface area contributed by atoms with Gasteiger partial charge in [0.05, 0.1) is 13.2 Å². The van der Waals surface area contributed by atoms with Crippen molar-refractivity contribution in [2.24, 2.45) is 0 Å². The second kappa shape index (κ2) is 7.33. The van der Waals surface area contributed by atoms with E-state index in [4.69, 9.17) is 9.84 Å². The van der Waals surface area contributed by atoms with Crippen molar-refractivity contribution >= 4 is 0 Å². The SMILES string of the molecule is COCCN(CCO)Cc1ccc(F)cc1. The number of nitrogens with zero attached hydrogens (tertiary/aromatic N) is 1. The van der Waals surface area contributed by atoms with E-state index in [9.17, 15) is 4.39 Å². The summed E-state index contributed by atoms with van der Waals surface area (Å²) in [5.74, 6) is -0.227. The first-order valence-electron chi connectivity index (χ1n) is 5.33. The van der Waals surface area contributed by atoms with Crippen LogP contribution in [0.3, 0.4) is 0 Å². The first kappa shape index (κ1) is 13.1. The predicted octanol–water partition coefficient (Wildman–Crippen LogP) is 1.27. The zero-order valence-electron chi connectivity index (χ0n) is 9.53. The minimum absolute atomic E-state index is 0.116. The molecule has 1 rings (SSSR count). The van der Waals surface area contributed by atoms with E-state index in [1.165, 1.54) is 12.1 Å². The van der Waals surface area contributed by atoms with Crippen molar-refractivity contribution in [2.45, 2.75) is 6.54 Å². The highest BCUT2D eigenvalue weighted by Gasteiger charge is 2.05. The van der Waals surface area contributed by atoms with Crippen molar-refractivity contribution in [1.82, 2.24) is 4.90 Å². The Morgan fingerprint density at radius 2 is 1.94 bits per heavy atom. The van der Waals surface area contributed by atoms with Crippen molar-refractivity contribution in [3.05, 3.63) is 35.6 Å². The van der Waals surface area contributed by atoms with Crippen LogP contribution in [0.15, 0.2) is 24.3 Å². The first-order valence-corrected chi connectivity index (χ1v) is 5.33. The number of aliphatic hydroxyl groups excluding tert-OH is 1. The maximum atomic E-state index is 12.7. The van der Waals surface area contributed by atoms with E-state index in [2.05, 4.69) is 4.90 Å². The summed E-state index contributed by atoms with van der Waals surface area (Å²) >= 11 is 0. The normalized spacial score (nSPS) is 11.0. The summed E-state index contributed by atoms with van der Waals surface area (Å²) in [6, 6.07) is 6.41. The summed E-state index contributed by atoms with van der Waals surface area (Å²) in [4.78, 5) is 2.07. The number of aliphatic hydroxyl groups is 1. The van der Waals surface area contributed by atoms with Gasteiger partial charge in [0, 0.05) is 26.7 Å². The van der Waals surface area contributed by atoms with Gasteiger partial charge < -0.3 is 9.84 Å². The fourth-order valence-corrected chi connectivity index (χ4v) is 1.48. The van der Waals surface area contributed by atoms with Crippen LogP contribution in [0.25, 0.3) is 0 Å². The number of benzene rings is 1. The fourth-order valence-electron chi connectivity index (χ4n) is 1.48. The van der Waals surface area contributed by atoms with Crippen LogP contribution in [0.2, 0.25) is 0 Å². The molecule has 0 saturated heterocycles. The van der Waals surface area contributed by atoms with Crippen LogP contribution < -0.4 is 0 Å². The lowest BCUT2D eigenvalue weighted by Crippen LogP contribution is -2.29. The third-order valence-corrected chi connectivity index (χ3v) is 2.35. The number of hydrogen-bond donors (Lipinski definition) is 1. The van der Waals surface area contributed by atoms with Crippen LogP contribution in [0.4, 0.5) is 4.39 Å². The molecule has 90 valence electrons. The van der Waals surface area contributed by atoms with Crippen LogP contribution in [0.5, 0.6) is 0 Å². The number of methoxy groups -OCH3 is 1. The van der Waals surface area contributed by atoms with Gasteiger partial charge in [-0.3, -0.25) is 4.90 Å². The molecular formula is C12H18FNO2. The van der Waals surface area contributed by atoms with Gasteiger partial charge in [-0.15, -0.1) is 0 Å². The lowest BCUT2D eigenvalue weighted by atomic mass is 10.2. The number of halogens is 1. The predicted molar refractivity (Wildman–Crippen MR) is 60.6 cm³/mol. The smallest absolute Gasteiger partial charge is 0.123 e. The van der Waals surface area contributed by atoms with Crippen molar-refractivity contribution in [3.63, 3.8) is 0 Å². The van der Waals surface area contributed by atoms with E-state index in [-0.39, 0.29) is 12.4 Å². The molecule has 0 unspecified atom stereocenters. The lowest BCUT2D eigenvalue weighted by molar-refractivity contribution is 0.127. The molecule has 0 radical (unpaired) electrons. The third kappa shape index (κ3) is 4.70. The molecule has 4 heteroatoms. The largest absolute Gasteiger partial charge is 0.395 e. The molecule has 1 N–H and O–H groups in total. The second-order valence-electron chi connectivity index (χ2n) is 3.62. The van der Waals surface area contributed by atoms with Gasteiger partial charge >= 0.3 is 0 Å². The van der Waals surface area contributed by atoms with Crippen LogP contribution in [0, 0.1) is 5.82 Å². The molecule has 0 aromatic heterocycles. The van der Waals surface area contributed by atoms with E-state index in [1.54, 1.807) is 19.2 Å². The Labute approximate surface area is 95.5 Å². The minimum atomic E-state index is -0.227. The van der Waals surface area contributed by atoms with Gasteiger partial charge in [-0.2, -0.15) is 0 Å². The highest BCUT2D eigenvalue weighted by atomic mass is 19.1. The number of ether oxygens (including phenoxy) is 1. The Morgan fingerprint density at radius 1 is 1.25 bits per heavy atom. The fraction of sp³-hybridized carbons (Fsp3) is 0.500. The molecule has 0 heterocycles.